The zero-order chi connectivity index (χ0) is 17.7. The second kappa shape index (κ2) is 5.74. The third-order valence-electron chi connectivity index (χ3n) is 4.61. The minimum absolute atomic E-state index is 0.0103. The van der Waals surface area contributed by atoms with Gasteiger partial charge in [-0.25, -0.2) is 9.18 Å². The van der Waals surface area contributed by atoms with Crippen LogP contribution < -0.4 is 4.74 Å². The van der Waals surface area contributed by atoms with Gasteiger partial charge in [0.15, 0.2) is 11.6 Å². The van der Waals surface area contributed by atoms with Gasteiger partial charge in [0.2, 0.25) is 0 Å². The zero-order valence-electron chi connectivity index (χ0n) is 13.0. The van der Waals surface area contributed by atoms with Gasteiger partial charge in [-0.2, -0.15) is 0 Å². The molecule has 2 aliphatic rings. The van der Waals surface area contributed by atoms with Crippen LogP contribution in [0, 0.1) is 5.82 Å². The van der Waals surface area contributed by atoms with Gasteiger partial charge in [-0.1, -0.05) is 23.7 Å². The SMILES string of the molecule is O=C(O)c1cc(F)c2c(c1)[C@H](N1Cc3cccc(Cl)c3C1=O)CCO2. The number of benzene rings is 2. The number of hydrogen-bond donors (Lipinski definition) is 1. The van der Waals surface area contributed by atoms with Gasteiger partial charge in [-0.3, -0.25) is 4.79 Å². The summed E-state index contributed by atoms with van der Waals surface area (Å²) < 4.78 is 19.6. The van der Waals surface area contributed by atoms with Crippen LogP contribution in [0.1, 0.15) is 44.3 Å². The number of carbonyl (C=O) groups excluding carboxylic acids is 1. The zero-order valence-corrected chi connectivity index (χ0v) is 13.7. The monoisotopic (exact) mass is 361 g/mol. The lowest BCUT2D eigenvalue weighted by Gasteiger charge is -2.33. The van der Waals surface area contributed by atoms with Crippen molar-refractivity contribution >= 4 is 23.5 Å². The van der Waals surface area contributed by atoms with Crippen molar-refractivity contribution < 1.29 is 23.8 Å². The van der Waals surface area contributed by atoms with Gasteiger partial charge in [0.1, 0.15) is 0 Å². The van der Waals surface area contributed by atoms with Gasteiger partial charge < -0.3 is 14.7 Å². The summed E-state index contributed by atoms with van der Waals surface area (Å²) in [6.07, 6.45) is 0.451. The maximum absolute atomic E-state index is 14.3. The Balaban J connectivity index is 1.79. The van der Waals surface area contributed by atoms with Crippen LogP contribution >= 0.6 is 11.6 Å². The second-order valence-corrected chi connectivity index (χ2v) is 6.45. The number of carboxylic acid groups (broad SMARTS) is 1. The van der Waals surface area contributed by atoms with Crippen LogP contribution in [0.4, 0.5) is 4.39 Å². The molecule has 128 valence electrons. The number of hydrogen-bond acceptors (Lipinski definition) is 3. The molecule has 2 aromatic carbocycles. The van der Waals surface area contributed by atoms with Crippen LogP contribution in [0.3, 0.4) is 0 Å². The summed E-state index contributed by atoms with van der Waals surface area (Å²) in [7, 11) is 0. The number of rotatable bonds is 2. The van der Waals surface area contributed by atoms with Gasteiger partial charge in [-0.05, 0) is 23.8 Å². The summed E-state index contributed by atoms with van der Waals surface area (Å²) in [6, 6.07) is 7.10. The molecular formula is C18H13ClFNO4. The Bertz CT molecular complexity index is 914. The van der Waals surface area contributed by atoms with Crippen molar-refractivity contribution in [3.8, 4) is 5.75 Å². The molecule has 1 N–H and O–H groups in total. The van der Waals surface area contributed by atoms with E-state index >= 15 is 0 Å². The number of carboxylic acids is 1. The molecule has 2 aromatic rings. The third-order valence-corrected chi connectivity index (χ3v) is 4.92. The maximum Gasteiger partial charge on any atom is 0.335 e. The number of nitrogens with zero attached hydrogens (tertiary/aromatic N) is 1. The van der Waals surface area contributed by atoms with Crippen molar-refractivity contribution in [2.45, 2.75) is 19.0 Å². The van der Waals surface area contributed by atoms with Crippen molar-refractivity contribution in [2.24, 2.45) is 0 Å². The number of ether oxygens (including phenoxy) is 1. The van der Waals surface area contributed by atoms with Gasteiger partial charge in [-0.15, -0.1) is 0 Å². The molecule has 0 aliphatic carbocycles. The molecule has 0 fully saturated rings. The van der Waals surface area contributed by atoms with Crippen LogP contribution in [0.25, 0.3) is 0 Å². The van der Waals surface area contributed by atoms with Crippen LogP contribution in [0.15, 0.2) is 30.3 Å². The van der Waals surface area contributed by atoms with Gasteiger partial charge in [0.25, 0.3) is 5.91 Å². The fourth-order valence-corrected chi connectivity index (χ4v) is 3.76. The topological polar surface area (TPSA) is 66.8 Å². The summed E-state index contributed by atoms with van der Waals surface area (Å²) in [6.45, 7) is 0.590. The summed E-state index contributed by atoms with van der Waals surface area (Å²) in [5.74, 6) is -2.19. The molecule has 1 amide bonds. The minimum Gasteiger partial charge on any atom is -0.490 e. The molecule has 0 spiro atoms. The average molecular weight is 362 g/mol. The van der Waals surface area contributed by atoms with Crippen LogP contribution in [0.2, 0.25) is 5.02 Å². The standard InChI is InChI=1S/C18H13ClFNO4/c19-12-3-1-2-9-8-21(17(22)15(9)12)14-4-5-25-16-11(14)6-10(18(23)24)7-13(16)20/h1-3,6-7,14H,4-5,8H2,(H,23,24)/t14-/m1/s1. The molecule has 7 heteroatoms. The number of halogens is 2. The molecule has 25 heavy (non-hydrogen) atoms. The molecule has 0 saturated heterocycles. The van der Waals surface area contributed by atoms with Gasteiger partial charge in [0, 0.05) is 18.5 Å². The number of aromatic carboxylic acids is 1. The van der Waals surface area contributed by atoms with E-state index in [1.54, 1.807) is 17.0 Å². The summed E-state index contributed by atoms with van der Waals surface area (Å²) in [4.78, 5) is 25.7. The van der Waals surface area contributed by atoms with Gasteiger partial charge in [0.05, 0.1) is 28.8 Å². The Kier molecular flexibility index (Phi) is 3.65. The van der Waals surface area contributed by atoms with E-state index in [-0.39, 0.29) is 23.8 Å². The summed E-state index contributed by atoms with van der Waals surface area (Å²) in [5.41, 5.74) is 1.46. The van der Waals surface area contributed by atoms with E-state index in [1.807, 2.05) is 6.07 Å². The summed E-state index contributed by atoms with van der Waals surface area (Å²) in [5, 5.41) is 9.56. The molecule has 0 radical (unpaired) electrons. The molecule has 0 unspecified atom stereocenters. The van der Waals surface area contributed by atoms with Crippen molar-refractivity contribution in [1.82, 2.24) is 4.90 Å². The molecule has 5 nitrogen and oxygen atoms in total. The Morgan fingerprint density at radius 3 is 2.88 bits per heavy atom. The first-order valence-corrected chi connectivity index (χ1v) is 8.13. The molecule has 0 saturated carbocycles. The van der Waals surface area contributed by atoms with Crippen molar-refractivity contribution in [2.75, 3.05) is 6.61 Å². The Hall–Kier alpha value is -2.60. The summed E-state index contributed by atoms with van der Waals surface area (Å²) >= 11 is 6.15. The molecular weight excluding hydrogens is 349 g/mol. The van der Waals surface area contributed by atoms with Gasteiger partial charge >= 0.3 is 5.97 Å². The second-order valence-electron chi connectivity index (χ2n) is 6.04. The molecule has 2 heterocycles. The smallest absolute Gasteiger partial charge is 0.335 e. The lowest BCUT2D eigenvalue weighted by molar-refractivity contribution is 0.0645. The van der Waals surface area contributed by atoms with E-state index in [0.717, 1.165) is 11.6 Å². The quantitative estimate of drug-likeness (QED) is 0.886. The highest BCUT2D eigenvalue weighted by Gasteiger charge is 2.38. The van der Waals surface area contributed by atoms with E-state index in [2.05, 4.69) is 0 Å². The highest BCUT2D eigenvalue weighted by molar-refractivity contribution is 6.34. The van der Waals surface area contributed by atoms with E-state index in [1.165, 1.54) is 6.07 Å². The number of carbonyl (C=O) groups is 2. The van der Waals surface area contributed by atoms with E-state index < -0.39 is 17.8 Å². The first-order chi connectivity index (χ1) is 12.0. The number of fused-ring (bicyclic) bond motifs is 2. The van der Waals surface area contributed by atoms with Crippen LogP contribution in [-0.4, -0.2) is 28.5 Å². The van der Waals surface area contributed by atoms with Crippen LogP contribution in [0.5, 0.6) is 5.75 Å². The first kappa shape index (κ1) is 15.9. The third kappa shape index (κ3) is 2.44. The van der Waals surface area contributed by atoms with Crippen LogP contribution in [-0.2, 0) is 6.54 Å². The molecule has 1 atom stereocenters. The predicted molar refractivity (Wildman–Crippen MR) is 87.5 cm³/mol. The van der Waals surface area contributed by atoms with E-state index in [4.69, 9.17) is 16.3 Å². The number of amides is 1. The lowest BCUT2D eigenvalue weighted by Crippen LogP contribution is -2.33. The molecule has 0 bridgehead atoms. The highest BCUT2D eigenvalue weighted by atomic mass is 35.5. The van der Waals surface area contributed by atoms with Crippen molar-refractivity contribution in [3.05, 3.63) is 63.4 Å². The molecule has 4 rings (SSSR count). The predicted octanol–water partition coefficient (Wildman–Crippen LogP) is 3.66. The van der Waals surface area contributed by atoms with Crippen molar-refractivity contribution in [1.29, 1.82) is 0 Å². The largest absolute Gasteiger partial charge is 0.490 e. The first-order valence-electron chi connectivity index (χ1n) is 7.75. The minimum atomic E-state index is -1.23. The lowest BCUT2D eigenvalue weighted by atomic mass is 9.96. The Morgan fingerprint density at radius 1 is 1.36 bits per heavy atom. The van der Waals surface area contributed by atoms with E-state index in [9.17, 15) is 19.1 Å². The van der Waals surface area contributed by atoms with Crippen molar-refractivity contribution in [3.63, 3.8) is 0 Å². The van der Waals surface area contributed by atoms with E-state index in [0.29, 0.717) is 29.1 Å². The Labute approximate surface area is 147 Å². The fraction of sp³-hybridized carbons (Fsp3) is 0.222. The average Bonchev–Trinajstić information content (AvgIpc) is 2.92. The highest BCUT2D eigenvalue weighted by Crippen LogP contribution is 2.42. The normalized spacial score (nSPS) is 18.6. The fourth-order valence-electron chi connectivity index (χ4n) is 3.48. The molecule has 0 aromatic heterocycles. The molecule has 2 aliphatic heterocycles. The Morgan fingerprint density at radius 2 is 2.16 bits per heavy atom. The maximum atomic E-state index is 14.3.